The SMILES string of the molecule is CN=C(NCCCN1CCCC1C(=O)N(C)C)NCc1cc(F)ccc1F. The number of aliphatic imine (C=N–C) groups is 1. The first-order chi connectivity index (χ1) is 12.9. The highest BCUT2D eigenvalue weighted by Crippen LogP contribution is 2.18. The summed E-state index contributed by atoms with van der Waals surface area (Å²) in [5.74, 6) is -0.232. The molecule has 0 aliphatic carbocycles. The average molecular weight is 381 g/mol. The van der Waals surface area contributed by atoms with E-state index in [0.717, 1.165) is 44.5 Å². The van der Waals surface area contributed by atoms with E-state index in [-0.39, 0.29) is 24.1 Å². The van der Waals surface area contributed by atoms with Gasteiger partial charge in [0.1, 0.15) is 11.6 Å². The molecule has 0 aromatic heterocycles. The van der Waals surface area contributed by atoms with E-state index >= 15 is 0 Å². The van der Waals surface area contributed by atoms with Crippen molar-refractivity contribution >= 4 is 11.9 Å². The van der Waals surface area contributed by atoms with Crippen molar-refractivity contribution in [2.24, 2.45) is 4.99 Å². The van der Waals surface area contributed by atoms with Crippen LogP contribution >= 0.6 is 0 Å². The molecule has 1 saturated heterocycles. The molecule has 1 atom stereocenters. The molecule has 1 fully saturated rings. The van der Waals surface area contributed by atoms with Crippen LogP contribution in [0.4, 0.5) is 8.78 Å². The molecule has 6 nitrogen and oxygen atoms in total. The largest absolute Gasteiger partial charge is 0.356 e. The summed E-state index contributed by atoms with van der Waals surface area (Å²) in [4.78, 5) is 20.2. The zero-order chi connectivity index (χ0) is 19.8. The van der Waals surface area contributed by atoms with Crippen LogP contribution < -0.4 is 10.6 Å². The van der Waals surface area contributed by atoms with Gasteiger partial charge in [0.2, 0.25) is 5.91 Å². The third kappa shape index (κ3) is 6.16. The predicted molar refractivity (Wildman–Crippen MR) is 102 cm³/mol. The summed E-state index contributed by atoms with van der Waals surface area (Å²) in [7, 11) is 5.21. The first-order valence-corrected chi connectivity index (χ1v) is 9.26. The Bertz CT molecular complexity index is 666. The summed E-state index contributed by atoms with van der Waals surface area (Å²) in [6.45, 7) is 2.59. The highest BCUT2D eigenvalue weighted by atomic mass is 19.1. The van der Waals surface area contributed by atoms with Crippen molar-refractivity contribution in [2.75, 3.05) is 40.8 Å². The molecule has 0 radical (unpaired) electrons. The molecule has 8 heteroatoms. The topological polar surface area (TPSA) is 60.0 Å². The Morgan fingerprint density at radius 1 is 1.33 bits per heavy atom. The number of hydrogen-bond donors (Lipinski definition) is 2. The third-order valence-electron chi connectivity index (χ3n) is 4.68. The molecule has 0 saturated carbocycles. The second-order valence-electron chi connectivity index (χ2n) is 6.87. The minimum Gasteiger partial charge on any atom is -0.356 e. The summed E-state index contributed by atoms with van der Waals surface area (Å²) in [6.07, 6.45) is 2.80. The second kappa shape index (κ2) is 10.2. The highest BCUT2D eigenvalue weighted by Gasteiger charge is 2.30. The minimum absolute atomic E-state index is 0.0200. The van der Waals surface area contributed by atoms with E-state index < -0.39 is 11.6 Å². The third-order valence-corrected chi connectivity index (χ3v) is 4.68. The van der Waals surface area contributed by atoms with E-state index in [4.69, 9.17) is 0 Å². The maximum atomic E-state index is 13.7. The maximum Gasteiger partial charge on any atom is 0.239 e. The van der Waals surface area contributed by atoms with Gasteiger partial charge in [0.15, 0.2) is 5.96 Å². The number of nitrogens with one attached hydrogen (secondary N) is 2. The van der Waals surface area contributed by atoms with Gasteiger partial charge in [-0.1, -0.05) is 0 Å². The number of likely N-dealkylation sites (tertiary alicyclic amines) is 1. The number of halogens is 2. The van der Waals surface area contributed by atoms with Gasteiger partial charge in [-0.15, -0.1) is 0 Å². The van der Waals surface area contributed by atoms with E-state index in [9.17, 15) is 13.6 Å². The Balaban J connectivity index is 1.73. The molecular formula is C19H29F2N5O. The highest BCUT2D eigenvalue weighted by molar-refractivity contribution is 5.81. The molecule has 2 N–H and O–H groups in total. The van der Waals surface area contributed by atoms with Crippen LogP contribution in [-0.2, 0) is 11.3 Å². The Labute approximate surface area is 159 Å². The normalized spacial score (nSPS) is 17.8. The van der Waals surface area contributed by atoms with Gasteiger partial charge >= 0.3 is 0 Å². The summed E-state index contributed by atoms with van der Waals surface area (Å²) in [6, 6.07) is 3.36. The smallest absolute Gasteiger partial charge is 0.239 e. The molecule has 150 valence electrons. The Kier molecular flexibility index (Phi) is 7.97. The Hall–Kier alpha value is -2.22. The predicted octanol–water partition coefficient (Wildman–Crippen LogP) is 1.57. The molecule has 0 bridgehead atoms. The van der Waals surface area contributed by atoms with Crippen molar-refractivity contribution in [1.82, 2.24) is 20.4 Å². The molecule has 2 rings (SSSR count). The van der Waals surface area contributed by atoms with Gasteiger partial charge < -0.3 is 15.5 Å². The average Bonchev–Trinajstić information content (AvgIpc) is 3.11. The molecule has 1 aromatic rings. The first kappa shape index (κ1) is 21.1. The summed E-state index contributed by atoms with van der Waals surface area (Å²) >= 11 is 0. The number of amides is 1. The van der Waals surface area contributed by atoms with Gasteiger partial charge in [0.25, 0.3) is 0 Å². The number of likely N-dealkylation sites (N-methyl/N-ethyl adjacent to an activating group) is 1. The lowest BCUT2D eigenvalue weighted by atomic mass is 10.2. The van der Waals surface area contributed by atoms with Gasteiger partial charge in [-0.3, -0.25) is 14.7 Å². The van der Waals surface area contributed by atoms with Crippen LogP contribution in [0.25, 0.3) is 0 Å². The van der Waals surface area contributed by atoms with Gasteiger partial charge in [-0.25, -0.2) is 8.78 Å². The molecule has 1 aliphatic rings. The number of nitrogens with zero attached hydrogens (tertiary/aromatic N) is 3. The Morgan fingerprint density at radius 3 is 2.81 bits per heavy atom. The first-order valence-electron chi connectivity index (χ1n) is 9.26. The lowest BCUT2D eigenvalue weighted by molar-refractivity contribution is -0.133. The van der Waals surface area contributed by atoms with Crippen molar-refractivity contribution in [1.29, 1.82) is 0 Å². The molecule has 0 spiro atoms. The fraction of sp³-hybridized carbons (Fsp3) is 0.579. The van der Waals surface area contributed by atoms with Crippen LogP contribution in [0.3, 0.4) is 0 Å². The summed E-state index contributed by atoms with van der Waals surface area (Å²) < 4.78 is 26.9. The van der Waals surface area contributed by atoms with Crippen LogP contribution in [0.15, 0.2) is 23.2 Å². The van der Waals surface area contributed by atoms with E-state index in [2.05, 4.69) is 20.5 Å². The van der Waals surface area contributed by atoms with Crippen molar-refractivity contribution in [3.8, 4) is 0 Å². The number of carbonyl (C=O) groups excluding carboxylic acids is 1. The molecule has 1 aliphatic heterocycles. The van der Waals surface area contributed by atoms with Gasteiger partial charge in [0, 0.05) is 46.3 Å². The van der Waals surface area contributed by atoms with Crippen molar-refractivity contribution < 1.29 is 13.6 Å². The number of hydrogen-bond acceptors (Lipinski definition) is 3. The van der Waals surface area contributed by atoms with Crippen LogP contribution in [0, 0.1) is 11.6 Å². The monoisotopic (exact) mass is 381 g/mol. The molecule has 1 unspecified atom stereocenters. The van der Waals surface area contributed by atoms with Crippen molar-refractivity contribution in [2.45, 2.75) is 31.8 Å². The fourth-order valence-electron chi connectivity index (χ4n) is 3.24. The molecule has 27 heavy (non-hydrogen) atoms. The van der Waals surface area contributed by atoms with E-state index in [0.29, 0.717) is 12.5 Å². The second-order valence-corrected chi connectivity index (χ2v) is 6.87. The standard InChI is InChI=1S/C19H29F2N5O/c1-22-19(24-13-14-12-15(20)7-8-16(14)21)23-9-5-11-26-10-4-6-17(26)18(27)25(2)3/h7-8,12,17H,4-6,9-11,13H2,1-3H3,(H2,22,23,24). The zero-order valence-electron chi connectivity index (χ0n) is 16.3. The molecule has 1 heterocycles. The quantitative estimate of drug-likeness (QED) is 0.428. The van der Waals surface area contributed by atoms with E-state index in [1.807, 2.05) is 0 Å². The van der Waals surface area contributed by atoms with Crippen LogP contribution in [0.2, 0.25) is 0 Å². The van der Waals surface area contributed by atoms with Gasteiger partial charge in [-0.2, -0.15) is 0 Å². The van der Waals surface area contributed by atoms with Crippen LogP contribution in [0.1, 0.15) is 24.8 Å². The van der Waals surface area contributed by atoms with Gasteiger partial charge in [-0.05, 0) is 44.0 Å². The van der Waals surface area contributed by atoms with Crippen molar-refractivity contribution in [3.63, 3.8) is 0 Å². The number of benzene rings is 1. The lowest BCUT2D eigenvalue weighted by Gasteiger charge is -2.26. The molecule has 1 amide bonds. The zero-order valence-corrected chi connectivity index (χ0v) is 16.3. The Morgan fingerprint density at radius 2 is 2.11 bits per heavy atom. The lowest BCUT2D eigenvalue weighted by Crippen LogP contribution is -2.44. The van der Waals surface area contributed by atoms with E-state index in [1.165, 1.54) is 6.07 Å². The number of guanidine groups is 1. The summed E-state index contributed by atoms with van der Waals surface area (Å²) in [5.41, 5.74) is 0.250. The maximum absolute atomic E-state index is 13.7. The summed E-state index contributed by atoms with van der Waals surface area (Å²) in [5, 5.41) is 6.15. The van der Waals surface area contributed by atoms with Crippen LogP contribution in [0.5, 0.6) is 0 Å². The van der Waals surface area contributed by atoms with Crippen molar-refractivity contribution in [3.05, 3.63) is 35.4 Å². The molecule has 1 aromatic carbocycles. The van der Waals surface area contributed by atoms with Gasteiger partial charge in [0.05, 0.1) is 6.04 Å². The molecular weight excluding hydrogens is 352 g/mol. The van der Waals surface area contributed by atoms with E-state index in [1.54, 1.807) is 26.0 Å². The fourth-order valence-corrected chi connectivity index (χ4v) is 3.24. The number of rotatable bonds is 7. The van der Waals surface area contributed by atoms with Crippen LogP contribution in [-0.4, -0.2) is 68.5 Å². The minimum atomic E-state index is -0.469. The number of carbonyl (C=O) groups is 1.